The summed E-state index contributed by atoms with van der Waals surface area (Å²) < 4.78 is 10.2. The first-order chi connectivity index (χ1) is 9.47. The summed E-state index contributed by atoms with van der Waals surface area (Å²) in [4.78, 5) is 22.0. The molecule has 1 atom stereocenters. The topological polar surface area (TPSA) is 64.6 Å². The first-order valence-electron chi connectivity index (χ1n) is 6.63. The Morgan fingerprint density at radius 3 is 2.20 bits per heavy atom. The molecule has 0 bridgehead atoms. The van der Waals surface area contributed by atoms with Gasteiger partial charge in [-0.2, -0.15) is 0 Å². The summed E-state index contributed by atoms with van der Waals surface area (Å²) in [6.07, 6.45) is 0.770. The van der Waals surface area contributed by atoms with E-state index in [1.54, 1.807) is 0 Å². The minimum atomic E-state index is -2.25. The van der Waals surface area contributed by atoms with Crippen molar-refractivity contribution in [1.29, 1.82) is 0 Å². The Bertz CT molecular complexity index is 422. The van der Waals surface area contributed by atoms with Gasteiger partial charge in [-0.15, -0.1) is 0 Å². The van der Waals surface area contributed by atoms with Gasteiger partial charge in [-0.3, -0.25) is 9.59 Å². The van der Waals surface area contributed by atoms with Crippen molar-refractivity contribution in [2.75, 3.05) is 5.32 Å². The Hall–Kier alpha value is -1.82. The van der Waals surface area contributed by atoms with Crippen LogP contribution in [-0.4, -0.2) is 27.3 Å². The van der Waals surface area contributed by atoms with Gasteiger partial charge in [0.25, 0.3) is 11.9 Å². The quantitative estimate of drug-likeness (QED) is 0.781. The lowest BCUT2D eigenvalue weighted by molar-refractivity contribution is -0.137. The molecule has 0 aromatic heterocycles. The third-order valence-corrected chi connectivity index (χ3v) is 4.61. The third kappa shape index (κ3) is 6.94. The van der Waals surface area contributed by atoms with E-state index in [-0.39, 0.29) is 6.04 Å². The fourth-order valence-electron chi connectivity index (χ4n) is 1.79. The zero-order valence-corrected chi connectivity index (χ0v) is 13.2. The van der Waals surface area contributed by atoms with E-state index in [2.05, 4.69) is 5.32 Å². The SMILES string of the molecule is CC(=O)O[SiH](CCC(C)Nc1ccccc1)OC(C)=O. The zero-order chi connectivity index (χ0) is 15.0. The van der Waals surface area contributed by atoms with Crippen molar-refractivity contribution in [3.8, 4) is 0 Å². The van der Waals surface area contributed by atoms with Crippen LogP contribution in [0, 0.1) is 0 Å². The average molecular weight is 295 g/mol. The van der Waals surface area contributed by atoms with Gasteiger partial charge in [-0.05, 0) is 25.5 Å². The predicted octanol–water partition coefficient (Wildman–Crippen LogP) is 2.22. The van der Waals surface area contributed by atoms with Gasteiger partial charge in [0.15, 0.2) is 0 Å². The minimum Gasteiger partial charge on any atom is -0.487 e. The lowest BCUT2D eigenvalue weighted by Gasteiger charge is -2.18. The van der Waals surface area contributed by atoms with E-state index in [4.69, 9.17) is 8.85 Å². The molecular formula is C14H21NO4Si. The molecule has 5 nitrogen and oxygen atoms in total. The fraction of sp³-hybridized carbons (Fsp3) is 0.429. The van der Waals surface area contributed by atoms with Crippen molar-refractivity contribution in [2.45, 2.75) is 39.3 Å². The summed E-state index contributed by atoms with van der Waals surface area (Å²) in [5, 5.41) is 3.35. The molecule has 0 spiro atoms. The number of carbonyl (C=O) groups excluding carboxylic acids is 2. The van der Waals surface area contributed by atoms with E-state index < -0.39 is 21.2 Å². The van der Waals surface area contributed by atoms with Crippen LogP contribution in [0.4, 0.5) is 5.69 Å². The molecule has 20 heavy (non-hydrogen) atoms. The smallest absolute Gasteiger partial charge is 0.448 e. The molecule has 0 saturated heterocycles. The minimum absolute atomic E-state index is 0.207. The molecule has 0 aliphatic heterocycles. The normalized spacial score (nSPS) is 11.8. The monoisotopic (exact) mass is 295 g/mol. The van der Waals surface area contributed by atoms with Crippen molar-refractivity contribution in [3.63, 3.8) is 0 Å². The van der Waals surface area contributed by atoms with Crippen LogP contribution in [0.15, 0.2) is 30.3 Å². The van der Waals surface area contributed by atoms with Crippen LogP contribution in [0.1, 0.15) is 27.2 Å². The number of hydrogen-bond acceptors (Lipinski definition) is 5. The number of anilines is 1. The number of benzene rings is 1. The second-order valence-corrected chi connectivity index (χ2v) is 6.55. The fourth-order valence-corrected chi connectivity index (χ4v) is 3.59. The molecule has 1 aromatic rings. The number of para-hydroxylation sites is 1. The van der Waals surface area contributed by atoms with Gasteiger partial charge in [-0.1, -0.05) is 18.2 Å². The number of carbonyl (C=O) groups is 2. The Morgan fingerprint density at radius 2 is 1.70 bits per heavy atom. The van der Waals surface area contributed by atoms with Crippen LogP contribution in [-0.2, 0) is 18.4 Å². The van der Waals surface area contributed by atoms with E-state index in [1.165, 1.54) is 13.8 Å². The lowest BCUT2D eigenvalue weighted by Crippen LogP contribution is -2.29. The summed E-state index contributed by atoms with van der Waals surface area (Å²) in [7, 11) is -2.25. The van der Waals surface area contributed by atoms with Crippen LogP contribution in [0.2, 0.25) is 6.04 Å². The summed E-state index contributed by atoms with van der Waals surface area (Å²) in [5.41, 5.74) is 1.04. The molecular weight excluding hydrogens is 274 g/mol. The second-order valence-electron chi connectivity index (χ2n) is 4.64. The highest BCUT2D eigenvalue weighted by Crippen LogP contribution is 2.12. The van der Waals surface area contributed by atoms with Crippen LogP contribution in [0.3, 0.4) is 0 Å². The Balaban J connectivity index is 2.41. The van der Waals surface area contributed by atoms with Gasteiger partial charge in [0.1, 0.15) is 0 Å². The number of nitrogens with one attached hydrogen (secondary N) is 1. The molecule has 0 aliphatic rings. The van der Waals surface area contributed by atoms with Gasteiger partial charge < -0.3 is 14.2 Å². The molecule has 1 aromatic carbocycles. The van der Waals surface area contributed by atoms with E-state index in [9.17, 15) is 9.59 Å². The number of rotatable bonds is 7. The molecule has 1 unspecified atom stereocenters. The first kappa shape index (κ1) is 16.2. The highest BCUT2D eigenvalue weighted by atomic mass is 28.3. The van der Waals surface area contributed by atoms with Crippen molar-refractivity contribution in [3.05, 3.63) is 30.3 Å². The molecule has 1 rings (SSSR count). The average Bonchev–Trinajstić information content (AvgIpc) is 2.36. The van der Waals surface area contributed by atoms with Crippen LogP contribution in [0.25, 0.3) is 0 Å². The second kappa shape index (κ2) is 8.37. The van der Waals surface area contributed by atoms with Gasteiger partial charge in [0.05, 0.1) is 0 Å². The molecule has 0 amide bonds. The summed E-state index contributed by atoms with van der Waals surface area (Å²) in [6.45, 7) is 4.70. The van der Waals surface area contributed by atoms with Crippen molar-refractivity contribution >= 4 is 26.9 Å². The maximum Gasteiger partial charge on any atom is 0.448 e. The standard InChI is InChI=1S/C14H21NO4Si/c1-11(15-14-7-5-4-6-8-14)9-10-20(18-12(2)16)19-13(3)17/h4-8,11,15,20H,9-10H2,1-3H3. The molecule has 0 aliphatic carbocycles. The molecule has 0 fully saturated rings. The lowest BCUT2D eigenvalue weighted by atomic mass is 10.2. The Morgan fingerprint density at radius 1 is 1.15 bits per heavy atom. The van der Waals surface area contributed by atoms with E-state index in [0.29, 0.717) is 6.04 Å². The predicted molar refractivity (Wildman–Crippen MR) is 79.6 cm³/mol. The van der Waals surface area contributed by atoms with E-state index >= 15 is 0 Å². The molecule has 0 saturated carbocycles. The van der Waals surface area contributed by atoms with Crippen LogP contribution in [0.5, 0.6) is 0 Å². The largest absolute Gasteiger partial charge is 0.487 e. The molecule has 1 N–H and O–H groups in total. The highest BCUT2D eigenvalue weighted by Gasteiger charge is 2.21. The zero-order valence-electron chi connectivity index (χ0n) is 12.1. The Labute approximate surface area is 121 Å². The van der Waals surface area contributed by atoms with Crippen molar-refractivity contribution < 1.29 is 18.4 Å². The molecule has 6 heteroatoms. The summed E-state index contributed by atoms with van der Waals surface area (Å²) in [5.74, 6) is -0.793. The first-order valence-corrected chi connectivity index (χ1v) is 8.39. The summed E-state index contributed by atoms with van der Waals surface area (Å²) >= 11 is 0. The number of hydrogen-bond donors (Lipinski definition) is 1. The van der Waals surface area contributed by atoms with Gasteiger partial charge >= 0.3 is 9.28 Å². The van der Waals surface area contributed by atoms with Crippen molar-refractivity contribution in [2.24, 2.45) is 0 Å². The summed E-state index contributed by atoms with van der Waals surface area (Å²) in [6, 6.07) is 10.7. The molecule has 0 heterocycles. The van der Waals surface area contributed by atoms with Gasteiger partial charge in [0.2, 0.25) is 0 Å². The van der Waals surface area contributed by atoms with Crippen LogP contribution >= 0.6 is 0 Å². The van der Waals surface area contributed by atoms with E-state index in [1.807, 2.05) is 37.3 Å². The molecule has 0 radical (unpaired) electrons. The van der Waals surface area contributed by atoms with Gasteiger partial charge in [0, 0.05) is 31.6 Å². The Kier molecular flexibility index (Phi) is 6.79. The van der Waals surface area contributed by atoms with E-state index in [0.717, 1.165) is 12.1 Å². The third-order valence-electron chi connectivity index (χ3n) is 2.62. The maximum absolute atomic E-state index is 11.0. The van der Waals surface area contributed by atoms with Crippen LogP contribution < -0.4 is 5.32 Å². The van der Waals surface area contributed by atoms with Crippen molar-refractivity contribution in [1.82, 2.24) is 0 Å². The maximum atomic E-state index is 11.0. The highest BCUT2D eigenvalue weighted by molar-refractivity contribution is 6.48. The molecule has 110 valence electrons. The van der Waals surface area contributed by atoms with Gasteiger partial charge in [-0.25, -0.2) is 0 Å².